The molecule has 0 amide bonds. The van der Waals surface area contributed by atoms with Gasteiger partial charge in [0.15, 0.2) is 0 Å². The highest BCUT2D eigenvalue weighted by atomic mass is 79.9. The fourth-order valence-corrected chi connectivity index (χ4v) is 2.73. The van der Waals surface area contributed by atoms with E-state index < -0.39 is 0 Å². The molecular weight excluding hydrogens is 286 g/mol. The van der Waals surface area contributed by atoms with E-state index in [-0.39, 0.29) is 10.6 Å². The average molecular weight is 300 g/mol. The van der Waals surface area contributed by atoms with E-state index in [9.17, 15) is 10.1 Å². The Morgan fingerprint density at radius 1 is 1.59 bits per heavy atom. The predicted octanol–water partition coefficient (Wildman–Crippen LogP) is 3.32. The van der Waals surface area contributed by atoms with Crippen molar-refractivity contribution in [2.75, 3.05) is 7.11 Å². The van der Waals surface area contributed by atoms with E-state index in [0.717, 1.165) is 5.56 Å². The zero-order valence-corrected chi connectivity index (χ0v) is 11.1. The number of methoxy groups -OCH3 is 1. The largest absolute Gasteiger partial charge is 0.497 e. The lowest BCUT2D eigenvalue weighted by molar-refractivity contribution is -0.385. The molecular formula is C12H14BrNO3. The summed E-state index contributed by atoms with van der Waals surface area (Å²) in [5, 5.41) is 11.0. The van der Waals surface area contributed by atoms with E-state index in [2.05, 4.69) is 15.9 Å². The molecule has 17 heavy (non-hydrogen) atoms. The van der Waals surface area contributed by atoms with Gasteiger partial charge in [-0.2, -0.15) is 0 Å². The minimum atomic E-state index is -0.343. The van der Waals surface area contributed by atoms with Gasteiger partial charge >= 0.3 is 0 Å². The Hall–Kier alpha value is -1.10. The first kappa shape index (κ1) is 12.4. The minimum absolute atomic E-state index is 0.148. The third-order valence-electron chi connectivity index (χ3n) is 3.04. The zero-order valence-electron chi connectivity index (χ0n) is 9.56. The Bertz CT molecular complexity index is 432. The standard InChI is InChI=1S/C12H14BrNO3/c1-17-10-5-4-9(12(7-10)14(15)16)6-11(13)8-2-3-8/h4-5,7-8,11H,2-3,6H2,1H3. The van der Waals surface area contributed by atoms with Crippen LogP contribution in [0.5, 0.6) is 5.75 Å². The number of alkyl halides is 1. The van der Waals surface area contributed by atoms with Crippen molar-refractivity contribution in [2.45, 2.75) is 24.1 Å². The lowest BCUT2D eigenvalue weighted by atomic mass is 10.1. The number of nitro benzene ring substituents is 1. The maximum absolute atomic E-state index is 11.0. The van der Waals surface area contributed by atoms with Gasteiger partial charge in [-0.3, -0.25) is 10.1 Å². The summed E-state index contributed by atoms with van der Waals surface area (Å²) < 4.78 is 5.01. The van der Waals surface area contributed by atoms with Gasteiger partial charge in [-0.1, -0.05) is 15.9 Å². The molecule has 0 radical (unpaired) electrons. The first-order chi connectivity index (χ1) is 8.11. The van der Waals surface area contributed by atoms with E-state index in [1.165, 1.54) is 26.0 Å². The van der Waals surface area contributed by atoms with Crippen molar-refractivity contribution in [3.63, 3.8) is 0 Å². The Balaban J connectivity index is 2.22. The fraction of sp³-hybridized carbons (Fsp3) is 0.500. The topological polar surface area (TPSA) is 52.4 Å². The van der Waals surface area contributed by atoms with Gasteiger partial charge in [0.1, 0.15) is 5.75 Å². The monoisotopic (exact) mass is 299 g/mol. The predicted molar refractivity (Wildman–Crippen MR) is 68.8 cm³/mol. The SMILES string of the molecule is COc1ccc(CC(Br)C2CC2)c([N+](=O)[O-])c1. The summed E-state index contributed by atoms with van der Waals surface area (Å²) in [5.74, 6) is 1.20. The molecule has 0 bridgehead atoms. The molecule has 0 N–H and O–H groups in total. The molecule has 0 saturated heterocycles. The van der Waals surface area contributed by atoms with Crippen LogP contribution in [-0.2, 0) is 6.42 Å². The van der Waals surface area contributed by atoms with Crippen molar-refractivity contribution >= 4 is 21.6 Å². The second kappa shape index (κ2) is 5.04. The van der Waals surface area contributed by atoms with E-state index >= 15 is 0 Å². The first-order valence-corrected chi connectivity index (χ1v) is 6.48. The number of hydrogen-bond acceptors (Lipinski definition) is 3. The molecule has 1 aromatic rings. The molecule has 1 aliphatic rings. The van der Waals surface area contributed by atoms with Gasteiger partial charge in [-0.05, 0) is 37.3 Å². The number of rotatable bonds is 5. The van der Waals surface area contributed by atoms with Crippen molar-refractivity contribution in [3.05, 3.63) is 33.9 Å². The van der Waals surface area contributed by atoms with Crippen LogP contribution >= 0.6 is 15.9 Å². The second-order valence-corrected chi connectivity index (χ2v) is 5.49. The van der Waals surface area contributed by atoms with Gasteiger partial charge in [0, 0.05) is 10.4 Å². The Morgan fingerprint density at radius 3 is 2.82 bits per heavy atom. The molecule has 1 saturated carbocycles. The smallest absolute Gasteiger partial charge is 0.276 e. The van der Waals surface area contributed by atoms with Crippen LogP contribution in [0.15, 0.2) is 18.2 Å². The second-order valence-electron chi connectivity index (χ2n) is 4.31. The lowest BCUT2D eigenvalue weighted by Crippen LogP contribution is -2.07. The molecule has 1 aliphatic carbocycles. The van der Waals surface area contributed by atoms with Crippen LogP contribution in [0.2, 0.25) is 0 Å². The van der Waals surface area contributed by atoms with E-state index in [1.807, 2.05) is 0 Å². The molecule has 1 aromatic carbocycles. The minimum Gasteiger partial charge on any atom is -0.497 e. The molecule has 1 fully saturated rings. The number of nitrogens with zero attached hydrogens (tertiary/aromatic N) is 1. The number of ether oxygens (including phenoxy) is 1. The van der Waals surface area contributed by atoms with Crippen LogP contribution in [0.25, 0.3) is 0 Å². The van der Waals surface area contributed by atoms with Gasteiger partial charge in [0.25, 0.3) is 5.69 Å². The quantitative estimate of drug-likeness (QED) is 0.476. The normalized spacial score (nSPS) is 16.6. The van der Waals surface area contributed by atoms with Gasteiger partial charge in [0.2, 0.25) is 0 Å². The van der Waals surface area contributed by atoms with Crippen LogP contribution < -0.4 is 4.74 Å². The molecule has 5 heteroatoms. The summed E-state index contributed by atoms with van der Waals surface area (Å²) in [7, 11) is 1.51. The Kier molecular flexibility index (Phi) is 3.66. The number of benzene rings is 1. The molecule has 1 unspecified atom stereocenters. The molecule has 0 heterocycles. The highest BCUT2D eigenvalue weighted by molar-refractivity contribution is 9.09. The summed E-state index contributed by atoms with van der Waals surface area (Å²) in [5.41, 5.74) is 0.916. The summed E-state index contributed by atoms with van der Waals surface area (Å²) in [6, 6.07) is 5.05. The van der Waals surface area contributed by atoms with Crippen LogP contribution in [-0.4, -0.2) is 16.9 Å². The number of hydrogen-bond donors (Lipinski definition) is 0. The van der Waals surface area contributed by atoms with Crippen LogP contribution in [0.4, 0.5) is 5.69 Å². The molecule has 2 rings (SSSR count). The third-order valence-corrected chi connectivity index (χ3v) is 4.11. The molecule has 92 valence electrons. The molecule has 1 atom stereocenters. The van der Waals surface area contributed by atoms with Gasteiger partial charge in [-0.15, -0.1) is 0 Å². The highest BCUT2D eigenvalue weighted by Gasteiger charge is 2.30. The first-order valence-electron chi connectivity index (χ1n) is 5.57. The van der Waals surface area contributed by atoms with Gasteiger partial charge < -0.3 is 4.74 Å². The Morgan fingerprint density at radius 2 is 2.29 bits per heavy atom. The third kappa shape index (κ3) is 2.97. The molecule has 4 nitrogen and oxygen atoms in total. The van der Waals surface area contributed by atoms with Gasteiger partial charge in [0.05, 0.1) is 18.1 Å². The summed E-state index contributed by atoms with van der Waals surface area (Å²) in [6.07, 6.45) is 3.14. The van der Waals surface area contributed by atoms with Crippen molar-refractivity contribution in [2.24, 2.45) is 5.92 Å². The average Bonchev–Trinajstić information content (AvgIpc) is 3.13. The molecule has 0 aliphatic heterocycles. The summed E-state index contributed by atoms with van der Waals surface area (Å²) in [6.45, 7) is 0. The van der Waals surface area contributed by atoms with Crippen molar-refractivity contribution in [3.8, 4) is 5.75 Å². The maximum Gasteiger partial charge on any atom is 0.276 e. The van der Waals surface area contributed by atoms with Gasteiger partial charge in [-0.25, -0.2) is 0 Å². The van der Waals surface area contributed by atoms with E-state index in [1.54, 1.807) is 12.1 Å². The zero-order chi connectivity index (χ0) is 12.4. The highest BCUT2D eigenvalue weighted by Crippen LogP contribution is 2.39. The van der Waals surface area contributed by atoms with Crippen LogP contribution in [0.3, 0.4) is 0 Å². The number of halogens is 1. The lowest BCUT2D eigenvalue weighted by Gasteiger charge is -2.09. The van der Waals surface area contributed by atoms with Crippen LogP contribution in [0.1, 0.15) is 18.4 Å². The van der Waals surface area contributed by atoms with E-state index in [4.69, 9.17) is 4.74 Å². The van der Waals surface area contributed by atoms with Crippen molar-refractivity contribution in [1.82, 2.24) is 0 Å². The summed E-state index contributed by atoms with van der Waals surface area (Å²) in [4.78, 5) is 11.0. The number of nitro groups is 1. The summed E-state index contributed by atoms with van der Waals surface area (Å²) >= 11 is 3.61. The van der Waals surface area contributed by atoms with Crippen molar-refractivity contribution in [1.29, 1.82) is 0 Å². The van der Waals surface area contributed by atoms with Crippen molar-refractivity contribution < 1.29 is 9.66 Å². The molecule has 0 spiro atoms. The maximum atomic E-state index is 11.0. The van der Waals surface area contributed by atoms with Crippen LogP contribution in [0, 0.1) is 16.0 Å². The van der Waals surface area contributed by atoms with E-state index in [0.29, 0.717) is 22.9 Å². The molecule has 0 aromatic heterocycles. The Labute approximate surface area is 108 Å². The fourth-order valence-electron chi connectivity index (χ4n) is 1.85.